The largest absolute Gasteiger partial charge is 0.303 e. The highest BCUT2D eigenvalue weighted by Gasteiger charge is 2.08. The SMILES string of the molecule is CC(C)CN(CCCCCCCCCS)CC(C)C. The van der Waals surface area contributed by atoms with Crippen LogP contribution in [0, 0.1) is 11.8 Å². The molecule has 0 saturated heterocycles. The molecule has 0 aromatic rings. The summed E-state index contributed by atoms with van der Waals surface area (Å²) in [5, 5.41) is 0. The van der Waals surface area contributed by atoms with Crippen LogP contribution in [0.25, 0.3) is 0 Å². The Morgan fingerprint density at radius 2 is 1.11 bits per heavy atom. The summed E-state index contributed by atoms with van der Waals surface area (Å²) >= 11 is 4.25. The van der Waals surface area contributed by atoms with Crippen molar-refractivity contribution in [3.05, 3.63) is 0 Å². The molecule has 0 aromatic heterocycles. The van der Waals surface area contributed by atoms with E-state index in [1.807, 2.05) is 0 Å². The molecule has 0 aromatic carbocycles. The highest BCUT2D eigenvalue weighted by atomic mass is 32.1. The van der Waals surface area contributed by atoms with E-state index < -0.39 is 0 Å². The standard InChI is InChI=1S/C17H37NS/c1-16(2)14-18(15-17(3)4)12-10-8-6-5-7-9-11-13-19/h16-17,19H,5-15H2,1-4H3. The van der Waals surface area contributed by atoms with Gasteiger partial charge in [0.05, 0.1) is 0 Å². The molecule has 0 unspecified atom stereocenters. The van der Waals surface area contributed by atoms with Gasteiger partial charge in [-0.05, 0) is 37.0 Å². The van der Waals surface area contributed by atoms with Gasteiger partial charge in [0.15, 0.2) is 0 Å². The highest BCUT2D eigenvalue weighted by Crippen LogP contribution is 2.10. The quantitative estimate of drug-likeness (QED) is 0.357. The molecule has 0 fully saturated rings. The van der Waals surface area contributed by atoms with Gasteiger partial charge in [-0.2, -0.15) is 12.6 Å². The van der Waals surface area contributed by atoms with Crippen LogP contribution in [0.5, 0.6) is 0 Å². The fourth-order valence-corrected chi connectivity index (χ4v) is 2.84. The zero-order valence-electron chi connectivity index (χ0n) is 13.8. The normalized spacial score (nSPS) is 12.0. The number of thiol groups is 1. The van der Waals surface area contributed by atoms with Crippen molar-refractivity contribution in [2.24, 2.45) is 11.8 Å². The van der Waals surface area contributed by atoms with E-state index in [-0.39, 0.29) is 0 Å². The Bertz CT molecular complexity index is 170. The summed E-state index contributed by atoms with van der Waals surface area (Å²) in [6.45, 7) is 13.1. The van der Waals surface area contributed by atoms with Crippen molar-refractivity contribution in [1.82, 2.24) is 4.90 Å². The van der Waals surface area contributed by atoms with Crippen molar-refractivity contribution in [3.63, 3.8) is 0 Å². The van der Waals surface area contributed by atoms with Gasteiger partial charge in [0, 0.05) is 13.1 Å². The van der Waals surface area contributed by atoms with E-state index >= 15 is 0 Å². The molecule has 2 heteroatoms. The average molecular weight is 288 g/mol. The molecule has 0 amide bonds. The lowest BCUT2D eigenvalue weighted by molar-refractivity contribution is 0.215. The smallest absolute Gasteiger partial charge is 0.000449 e. The van der Waals surface area contributed by atoms with Crippen molar-refractivity contribution in [3.8, 4) is 0 Å². The molecular formula is C17H37NS. The number of hydrogen-bond acceptors (Lipinski definition) is 2. The van der Waals surface area contributed by atoms with Gasteiger partial charge in [0.25, 0.3) is 0 Å². The molecule has 0 aliphatic rings. The summed E-state index contributed by atoms with van der Waals surface area (Å²) in [5.74, 6) is 2.64. The van der Waals surface area contributed by atoms with Crippen molar-refractivity contribution < 1.29 is 0 Å². The van der Waals surface area contributed by atoms with Gasteiger partial charge in [-0.25, -0.2) is 0 Å². The lowest BCUT2D eigenvalue weighted by atomic mass is 10.1. The summed E-state index contributed by atoms with van der Waals surface area (Å²) in [5.41, 5.74) is 0. The molecule has 0 aliphatic carbocycles. The minimum Gasteiger partial charge on any atom is -0.303 e. The molecule has 0 spiro atoms. The Morgan fingerprint density at radius 3 is 1.53 bits per heavy atom. The lowest BCUT2D eigenvalue weighted by Gasteiger charge is -2.26. The second-order valence-electron chi connectivity index (χ2n) is 6.75. The minimum atomic E-state index is 0.792. The van der Waals surface area contributed by atoms with Crippen molar-refractivity contribution in [2.45, 2.75) is 72.6 Å². The summed E-state index contributed by atoms with van der Waals surface area (Å²) in [4.78, 5) is 2.66. The molecule has 0 bridgehead atoms. The van der Waals surface area contributed by atoms with Crippen LogP contribution >= 0.6 is 12.6 Å². The van der Waals surface area contributed by atoms with Gasteiger partial charge in [0.2, 0.25) is 0 Å². The van der Waals surface area contributed by atoms with Gasteiger partial charge >= 0.3 is 0 Å². The maximum Gasteiger partial charge on any atom is 0.000449 e. The third-order valence-electron chi connectivity index (χ3n) is 3.38. The molecule has 116 valence electrons. The number of nitrogens with zero attached hydrogens (tertiary/aromatic N) is 1. The van der Waals surface area contributed by atoms with Gasteiger partial charge < -0.3 is 4.90 Å². The summed E-state index contributed by atoms with van der Waals surface area (Å²) in [6, 6.07) is 0. The number of unbranched alkanes of at least 4 members (excludes halogenated alkanes) is 6. The molecule has 0 N–H and O–H groups in total. The molecule has 0 heterocycles. The highest BCUT2D eigenvalue weighted by molar-refractivity contribution is 7.80. The lowest BCUT2D eigenvalue weighted by Crippen LogP contribution is -2.32. The van der Waals surface area contributed by atoms with E-state index in [1.165, 1.54) is 64.6 Å². The second kappa shape index (κ2) is 13.3. The van der Waals surface area contributed by atoms with Crippen molar-refractivity contribution >= 4 is 12.6 Å². The molecule has 0 radical (unpaired) electrons. The maximum absolute atomic E-state index is 4.25. The molecular weight excluding hydrogens is 250 g/mol. The van der Waals surface area contributed by atoms with Gasteiger partial charge in [-0.15, -0.1) is 0 Å². The minimum absolute atomic E-state index is 0.792. The van der Waals surface area contributed by atoms with Crippen LogP contribution in [-0.2, 0) is 0 Å². The van der Waals surface area contributed by atoms with Gasteiger partial charge in [-0.3, -0.25) is 0 Å². The fourth-order valence-electron chi connectivity index (χ4n) is 2.62. The van der Waals surface area contributed by atoms with Gasteiger partial charge in [-0.1, -0.05) is 59.8 Å². The number of hydrogen-bond donors (Lipinski definition) is 1. The van der Waals surface area contributed by atoms with Gasteiger partial charge in [0.1, 0.15) is 0 Å². The average Bonchev–Trinajstić information content (AvgIpc) is 2.30. The topological polar surface area (TPSA) is 3.24 Å². The molecule has 0 saturated carbocycles. The van der Waals surface area contributed by atoms with E-state index in [0.29, 0.717) is 0 Å². The molecule has 19 heavy (non-hydrogen) atoms. The first kappa shape index (κ1) is 19.3. The molecule has 1 nitrogen and oxygen atoms in total. The zero-order chi connectivity index (χ0) is 14.5. The Balaban J connectivity index is 3.52. The van der Waals surface area contributed by atoms with E-state index in [4.69, 9.17) is 0 Å². The van der Waals surface area contributed by atoms with Crippen LogP contribution in [-0.4, -0.2) is 30.3 Å². The summed E-state index contributed by atoms with van der Waals surface area (Å²) in [7, 11) is 0. The van der Waals surface area contributed by atoms with Crippen LogP contribution < -0.4 is 0 Å². The number of rotatable bonds is 13. The van der Waals surface area contributed by atoms with Crippen molar-refractivity contribution in [2.75, 3.05) is 25.4 Å². The van der Waals surface area contributed by atoms with E-state index in [0.717, 1.165) is 17.6 Å². The summed E-state index contributed by atoms with van der Waals surface area (Å²) < 4.78 is 0. The first-order valence-corrected chi connectivity index (χ1v) is 9.02. The maximum atomic E-state index is 4.25. The van der Waals surface area contributed by atoms with Crippen LogP contribution in [0.4, 0.5) is 0 Å². The first-order valence-electron chi connectivity index (χ1n) is 8.39. The van der Waals surface area contributed by atoms with E-state index in [9.17, 15) is 0 Å². The third kappa shape index (κ3) is 14.5. The van der Waals surface area contributed by atoms with Crippen LogP contribution in [0.1, 0.15) is 72.6 Å². The Morgan fingerprint density at radius 1 is 0.684 bits per heavy atom. The zero-order valence-corrected chi connectivity index (χ0v) is 14.7. The van der Waals surface area contributed by atoms with E-state index in [1.54, 1.807) is 0 Å². The fraction of sp³-hybridized carbons (Fsp3) is 1.00. The van der Waals surface area contributed by atoms with Crippen molar-refractivity contribution in [1.29, 1.82) is 0 Å². The van der Waals surface area contributed by atoms with Crippen LogP contribution in [0.15, 0.2) is 0 Å². The van der Waals surface area contributed by atoms with Crippen LogP contribution in [0.2, 0.25) is 0 Å². The summed E-state index contributed by atoms with van der Waals surface area (Å²) in [6.07, 6.45) is 9.70. The van der Waals surface area contributed by atoms with Crippen LogP contribution in [0.3, 0.4) is 0 Å². The molecule has 0 aliphatic heterocycles. The third-order valence-corrected chi connectivity index (χ3v) is 3.70. The molecule has 0 rings (SSSR count). The second-order valence-corrected chi connectivity index (χ2v) is 7.19. The predicted octanol–water partition coefficient (Wildman–Crippen LogP) is 5.26. The van der Waals surface area contributed by atoms with E-state index in [2.05, 4.69) is 45.2 Å². The Labute approximate surface area is 127 Å². The Kier molecular flexibility index (Phi) is 13.5. The monoisotopic (exact) mass is 287 g/mol. The predicted molar refractivity (Wildman–Crippen MR) is 92.3 cm³/mol. The Hall–Kier alpha value is 0.310. The first-order chi connectivity index (χ1) is 9.06. The molecule has 0 atom stereocenters.